The molecule has 0 unspecified atom stereocenters. The molecule has 0 saturated heterocycles. The minimum atomic E-state index is -1.02. The van der Waals surface area contributed by atoms with Crippen molar-refractivity contribution in [2.24, 2.45) is 0 Å². The highest BCUT2D eigenvalue weighted by atomic mass is 32.2. The Morgan fingerprint density at radius 2 is 2.17 bits per heavy atom. The van der Waals surface area contributed by atoms with Crippen LogP contribution in [0.15, 0.2) is 11.5 Å². The smallest absolute Gasteiger partial charge is 0.339 e. The first-order valence-corrected chi connectivity index (χ1v) is 9.33. The summed E-state index contributed by atoms with van der Waals surface area (Å²) in [5.41, 5.74) is 0.971. The Balaban J connectivity index is 2.08. The molecular weight excluding hydrogens is 348 g/mol. The fraction of sp³-hybridized carbons (Fsp3) is 0.467. The molecule has 0 bridgehead atoms. The summed E-state index contributed by atoms with van der Waals surface area (Å²) >= 11 is 2.57. The van der Waals surface area contributed by atoms with E-state index in [2.05, 4.69) is 15.5 Å². The lowest BCUT2D eigenvalue weighted by Gasteiger charge is -2.09. The van der Waals surface area contributed by atoms with Crippen molar-refractivity contribution in [3.8, 4) is 0 Å². The predicted octanol–water partition coefficient (Wildman–Crippen LogP) is 3.22. The molecular formula is C15H20N4O3S2. The van der Waals surface area contributed by atoms with E-state index in [4.69, 9.17) is 0 Å². The molecule has 2 N–H and O–H groups in total. The number of hydrogen-bond donors (Lipinski definition) is 2. The highest BCUT2D eigenvalue weighted by Crippen LogP contribution is 2.33. The highest BCUT2D eigenvalue weighted by Gasteiger charge is 2.22. The summed E-state index contributed by atoms with van der Waals surface area (Å²) in [7, 11) is 0. The third kappa shape index (κ3) is 3.96. The van der Waals surface area contributed by atoms with E-state index in [1.54, 1.807) is 6.33 Å². The summed E-state index contributed by atoms with van der Waals surface area (Å²) in [5, 5.41) is 21.0. The Labute approximate surface area is 148 Å². The molecule has 2 aromatic heterocycles. The van der Waals surface area contributed by atoms with E-state index in [1.807, 2.05) is 32.3 Å². The SMILES string of the molecule is CCc1c(C)sc(NC(=O)CSc2nncn2C(C)C)c1C(=O)O. The van der Waals surface area contributed by atoms with Gasteiger partial charge in [-0.2, -0.15) is 0 Å². The molecule has 0 aliphatic heterocycles. The first kappa shape index (κ1) is 18.5. The van der Waals surface area contributed by atoms with Crippen LogP contribution in [0.1, 0.15) is 47.6 Å². The number of aryl methyl sites for hydroxylation is 1. The Hall–Kier alpha value is -1.87. The number of carboxylic acid groups (broad SMARTS) is 1. The molecule has 0 aliphatic carbocycles. The van der Waals surface area contributed by atoms with E-state index in [0.717, 1.165) is 10.4 Å². The maximum absolute atomic E-state index is 12.2. The van der Waals surface area contributed by atoms with E-state index in [-0.39, 0.29) is 23.3 Å². The van der Waals surface area contributed by atoms with Crippen molar-refractivity contribution in [2.45, 2.75) is 45.3 Å². The van der Waals surface area contributed by atoms with Crippen LogP contribution in [-0.2, 0) is 11.2 Å². The largest absolute Gasteiger partial charge is 0.478 e. The van der Waals surface area contributed by atoms with Gasteiger partial charge in [-0.1, -0.05) is 18.7 Å². The van der Waals surface area contributed by atoms with Crippen molar-refractivity contribution >= 4 is 40.0 Å². The number of carboxylic acids is 1. The molecule has 2 rings (SSSR count). The maximum atomic E-state index is 12.2. The minimum Gasteiger partial charge on any atom is -0.478 e. The van der Waals surface area contributed by atoms with Crippen LogP contribution >= 0.6 is 23.1 Å². The number of thiophene rings is 1. The number of anilines is 1. The van der Waals surface area contributed by atoms with Crippen molar-refractivity contribution in [2.75, 3.05) is 11.1 Å². The number of nitrogens with zero attached hydrogens (tertiary/aromatic N) is 3. The van der Waals surface area contributed by atoms with Crippen molar-refractivity contribution in [1.29, 1.82) is 0 Å². The second-order valence-corrected chi connectivity index (χ2v) is 7.62. The van der Waals surface area contributed by atoms with Crippen LogP contribution < -0.4 is 5.32 Å². The van der Waals surface area contributed by atoms with Gasteiger partial charge in [0.2, 0.25) is 5.91 Å². The van der Waals surface area contributed by atoms with Crippen molar-refractivity contribution in [3.05, 3.63) is 22.3 Å². The monoisotopic (exact) mass is 368 g/mol. The zero-order chi connectivity index (χ0) is 17.9. The summed E-state index contributed by atoms with van der Waals surface area (Å²) in [5.74, 6) is -1.13. The predicted molar refractivity (Wildman–Crippen MR) is 95.2 cm³/mol. The highest BCUT2D eigenvalue weighted by molar-refractivity contribution is 7.99. The summed E-state index contributed by atoms with van der Waals surface area (Å²) in [6, 6.07) is 0.205. The van der Waals surface area contributed by atoms with Crippen LogP contribution in [-0.4, -0.2) is 37.5 Å². The third-order valence-corrected chi connectivity index (χ3v) is 5.48. The number of hydrogen-bond acceptors (Lipinski definition) is 6. The molecule has 9 heteroatoms. The number of nitrogens with one attached hydrogen (secondary N) is 1. The van der Waals surface area contributed by atoms with Crippen LogP contribution in [0.25, 0.3) is 0 Å². The Bertz CT molecular complexity index is 752. The number of rotatable bonds is 7. The maximum Gasteiger partial charge on any atom is 0.339 e. The summed E-state index contributed by atoms with van der Waals surface area (Å²) in [4.78, 5) is 24.6. The van der Waals surface area contributed by atoms with Crippen LogP contribution in [0.3, 0.4) is 0 Å². The van der Waals surface area contributed by atoms with Gasteiger partial charge in [0.1, 0.15) is 11.3 Å². The number of aromatic nitrogens is 3. The summed E-state index contributed by atoms with van der Waals surface area (Å²) in [6.45, 7) is 7.79. The fourth-order valence-electron chi connectivity index (χ4n) is 2.30. The van der Waals surface area contributed by atoms with Gasteiger partial charge in [-0.15, -0.1) is 21.5 Å². The zero-order valence-electron chi connectivity index (χ0n) is 14.0. The van der Waals surface area contributed by atoms with Gasteiger partial charge in [-0.05, 0) is 32.8 Å². The molecule has 0 radical (unpaired) electrons. The van der Waals surface area contributed by atoms with Crippen molar-refractivity contribution < 1.29 is 14.7 Å². The molecule has 0 atom stereocenters. The van der Waals surface area contributed by atoms with Crippen LogP contribution in [0.5, 0.6) is 0 Å². The average molecular weight is 368 g/mol. The number of thioether (sulfide) groups is 1. The molecule has 0 spiro atoms. The Morgan fingerprint density at radius 1 is 1.46 bits per heavy atom. The van der Waals surface area contributed by atoms with Gasteiger partial charge in [0.15, 0.2) is 5.16 Å². The second-order valence-electron chi connectivity index (χ2n) is 5.45. The summed E-state index contributed by atoms with van der Waals surface area (Å²) in [6.07, 6.45) is 2.25. The molecule has 1 amide bonds. The van der Waals surface area contributed by atoms with Crippen molar-refractivity contribution in [3.63, 3.8) is 0 Å². The van der Waals surface area contributed by atoms with Crippen LogP contribution in [0.2, 0.25) is 0 Å². The third-order valence-electron chi connectivity index (χ3n) is 3.46. The molecule has 2 heterocycles. The second kappa shape index (κ2) is 7.80. The molecule has 24 heavy (non-hydrogen) atoms. The van der Waals surface area contributed by atoms with E-state index in [1.165, 1.54) is 23.1 Å². The number of aromatic carboxylic acids is 1. The molecule has 0 saturated carbocycles. The lowest BCUT2D eigenvalue weighted by atomic mass is 10.1. The van der Waals surface area contributed by atoms with Gasteiger partial charge in [0.05, 0.1) is 11.3 Å². The normalized spacial score (nSPS) is 11.0. The van der Waals surface area contributed by atoms with Crippen molar-refractivity contribution in [1.82, 2.24) is 14.8 Å². The van der Waals surface area contributed by atoms with Gasteiger partial charge in [-0.25, -0.2) is 4.79 Å². The van der Waals surface area contributed by atoms with Gasteiger partial charge in [-0.3, -0.25) is 4.79 Å². The molecule has 2 aromatic rings. The van der Waals surface area contributed by atoms with Gasteiger partial charge in [0.25, 0.3) is 0 Å². The van der Waals surface area contributed by atoms with Gasteiger partial charge >= 0.3 is 5.97 Å². The first-order chi connectivity index (χ1) is 11.3. The molecule has 130 valence electrons. The minimum absolute atomic E-state index is 0.142. The van der Waals surface area contributed by atoms with E-state index < -0.39 is 5.97 Å². The number of amides is 1. The number of carbonyl (C=O) groups excluding carboxylic acids is 1. The molecule has 7 nitrogen and oxygen atoms in total. The number of carbonyl (C=O) groups is 2. The topological polar surface area (TPSA) is 97.1 Å². The fourth-order valence-corrected chi connectivity index (χ4v) is 4.30. The zero-order valence-corrected chi connectivity index (χ0v) is 15.6. The Kier molecular flexibility index (Phi) is 6.00. The lowest BCUT2D eigenvalue weighted by molar-refractivity contribution is -0.113. The quantitative estimate of drug-likeness (QED) is 0.728. The summed E-state index contributed by atoms with van der Waals surface area (Å²) < 4.78 is 1.88. The first-order valence-electron chi connectivity index (χ1n) is 7.52. The van der Waals surface area contributed by atoms with E-state index >= 15 is 0 Å². The lowest BCUT2D eigenvalue weighted by Crippen LogP contribution is -2.16. The Morgan fingerprint density at radius 3 is 2.75 bits per heavy atom. The van der Waals surface area contributed by atoms with Crippen LogP contribution in [0.4, 0.5) is 5.00 Å². The van der Waals surface area contributed by atoms with Gasteiger partial charge in [0, 0.05) is 10.9 Å². The standard InChI is InChI=1S/C15H20N4O3S2/c1-5-10-9(4)24-13(12(10)14(21)22)17-11(20)6-23-15-18-16-7-19(15)8(2)3/h7-8H,5-6H2,1-4H3,(H,17,20)(H,21,22). The molecule has 0 fully saturated rings. The molecule has 0 aromatic carbocycles. The average Bonchev–Trinajstić information content (AvgIpc) is 3.09. The van der Waals surface area contributed by atoms with Gasteiger partial charge < -0.3 is 15.0 Å². The van der Waals surface area contributed by atoms with E-state index in [9.17, 15) is 14.7 Å². The van der Waals surface area contributed by atoms with Crippen LogP contribution in [0, 0.1) is 6.92 Å². The van der Waals surface area contributed by atoms with E-state index in [0.29, 0.717) is 16.6 Å². The molecule has 0 aliphatic rings.